The maximum Gasteiger partial charge on any atom is 0.120 e. The second kappa shape index (κ2) is 4.75. The van der Waals surface area contributed by atoms with Gasteiger partial charge in [0.05, 0.1) is 0 Å². The van der Waals surface area contributed by atoms with Gasteiger partial charge in [-0.15, -0.1) is 0 Å². The summed E-state index contributed by atoms with van der Waals surface area (Å²) in [6, 6.07) is 4.59. The molecule has 3 heteroatoms. The summed E-state index contributed by atoms with van der Waals surface area (Å²) >= 11 is 6.17. The predicted molar refractivity (Wildman–Crippen MR) is 76.6 cm³/mol. The maximum atomic E-state index is 6.17. The third kappa shape index (κ3) is 2.24. The van der Waals surface area contributed by atoms with Crippen LogP contribution in [0.5, 0.6) is 5.75 Å². The topological polar surface area (TPSA) is 21.3 Å². The fourth-order valence-electron chi connectivity index (χ4n) is 2.71. The van der Waals surface area contributed by atoms with Crippen LogP contribution in [0.25, 0.3) is 0 Å². The first-order chi connectivity index (χ1) is 8.36. The average molecular weight is 268 g/mol. The fourth-order valence-corrected chi connectivity index (χ4v) is 2.82. The average Bonchev–Trinajstić information content (AvgIpc) is 2.30. The molecule has 0 spiro atoms. The van der Waals surface area contributed by atoms with Crippen molar-refractivity contribution in [3.8, 4) is 5.75 Å². The molecule has 2 atom stereocenters. The van der Waals surface area contributed by atoms with Crippen LogP contribution >= 0.6 is 11.6 Å². The second-order valence-corrected chi connectivity index (χ2v) is 6.25. The van der Waals surface area contributed by atoms with Gasteiger partial charge in [-0.2, -0.15) is 0 Å². The number of ether oxygens (including phenoxy) is 1. The van der Waals surface area contributed by atoms with Crippen molar-refractivity contribution in [1.29, 1.82) is 0 Å². The predicted octanol–water partition coefficient (Wildman–Crippen LogP) is 3.72. The van der Waals surface area contributed by atoms with Crippen molar-refractivity contribution in [2.24, 2.45) is 5.41 Å². The molecule has 0 aromatic heterocycles. The Hall–Kier alpha value is -0.730. The van der Waals surface area contributed by atoms with Crippen molar-refractivity contribution in [3.05, 3.63) is 28.3 Å². The van der Waals surface area contributed by atoms with Crippen molar-refractivity contribution in [1.82, 2.24) is 5.32 Å². The van der Waals surface area contributed by atoms with Gasteiger partial charge in [0.15, 0.2) is 0 Å². The molecule has 0 heterocycles. The molecule has 1 N–H and O–H groups in total. The molecule has 1 aliphatic carbocycles. The Morgan fingerprint density at radius 3 is 2.28 bits per heavy atom. The number of benzene rings is 1. The highest BCUT2D eigenvalue weighted by Crippen LogP contribution is 2.43. The Balaban J connectivity index is 2.12. The quantitative estimate of drug-likeness (QED) is 0.901. The Morgan fingerprint density at radius 1 is 1.28 bits per heavy atom. The summed E-state index contributed by atoms with van der Waals surface area (Å²) in [5.41, 5.74) is 2.33. The maximum absolute atomic E-state index is 6.17. The summed E-state index contributed by atoms with van der Waals surface area (Å²) in [5.74, 6) is 0.932. The molecule has 100 valence electrons. The van der Waals surface area contributed by atoms with Crippen LogP contribution in [0.3, 0.4) is 0 Å². The molecule has 1 saturated carbocycles. The summed E-state index contributed by atoms with van der Waals surface area (Å²) in [6.45, 7) is 8.53. The molecule has 0 bridgehead atoms. The van der Waals surface area contributed by atoms with E-state index in [-0.39, 0.29) is 11.5 Å². The molecular weight excluding hydrogens is 246 g/mol. The van der Waals surface area contributed by atoms with E-state index in [2.05, 4.69) is 19.2 Å². The lowest BCUT2D eigenvalue weighted by Crippen LogP contribution is -2.61. The van der Waals surface area contributed by atoms with Gasteiger partial charge in [0, 0.05) is 22.9 Å². The Morgan fingerprint density at radius 2 is 1.83 bits per heavy atom. The van der Waals surface area contributed by atoms with Gasteiger partial charge in [-0.3, -0.25) is 0 Å². The van der Waals surface area contributed by atoms with Gasteiger partial charge in [-0.05, 0) is 44.2 Å². The van der Waals surface area contributed by atoms with E-state index in [0.717, 1.165) is 28.3 Å². The summed E-state index contributed by atoms with van der Waals surface area (Å²) in [6.07, 6.45) is 1.33. The molecule has 0 amide bonds. The van der Waals surface area contributed by atoms with Crippen LogP contribution < -0.4 is 10.1 Å². The number of aryl methyl sites for hydroxylation is 2. The molecule has 1 aromatic rings. The summed E-state index contributed by atoms with van der Waals surface area (Å²) in [7, 11) is 2.01. The van der Waals surface area contributed by atoms with Gasteiger partial charge in [0.1, 0.15) is 11.9 Å². The van der Waals surface area contributed by atoms with Crippen LogP contribution in [0.2, 0.25) is 5.02 Å². The lowest BCUT2D eigenvalue weighted by molar-refractivity contribution is -0.0521. The number of hydrogen-bond donors (Lipinski definition) is 1. The van der Waals surface area contributed by atoms with E-state index in [1.807, 2.05) is 33.0 Å². The molecule has 0 saturated heterocycles. The summed E-state index contributed by atoms with van der Waals surface area (Å²) < 4.78 is 6.12. The minimum atomic E-state index is 0.177. The van der Waals surface area contributed by atoms with Crippen LogP contribution in [-0.2, 0) is 0 Å². The van der Waals surface area contributed by atoms with E-state index in [1.165, 1.54) is 0 Å². The summed E-state index contributed by atoms with van der Waals surface area (Å²) in [4.78, 5) is 0. The van der Waals surface area contributed by atoms with Crippen molar-refractivity contribution >= 4 is 11.6 Å². The van der Waals surface area contributed by atoms with Crippen molar-refractivity contribution in [2.45, 2.75) is 46.3 Å². The first-order valence-electron chi connectivity index (χ1n) is 6.47. The lowest BCUT2D eigenvalue weighted by atomic mass is 9.64. The number of halogens is 1. The van der Waals surface area contributed by atoms with Gasteiger partial charge < -0.3 is 10.1 Å². The van der Waals surface area contributed by atoms with Crippen LogP contribution in [-0.4, -0.2) is 19.2 Å². The summed E-state index contributed by atoms with van der Waals surface area (Å²) in [5, 5.41) is 4.17. The highest BCUT2D eigenvalue weighted by atomic mass is 35.5. The number of hydrogen-bond acceptors (Lipinski definition) is 2. The minimum absolute atomic E-state index is 0.177. The smallest absolute Gasteiger partial charge is 0.120 e. The minimum Gasteiger partial charge on any atom is -0.490 e. The molecule has 2 unspecified atom stereocenters. The standard InChI is InChI=1S/C15H22ClNO/c1-9-6-11(7-10(2)14(9)16)18-13-8-12(17-5)15(13,3)4/h6-7,12-13,17H,8H2,1-5H3. The monoisotopic (exact) mass is 267 g/mol. The Kier molecular flexibility index (Phi) is 3.61. The Labute approximate surface area is 115 Å². The van der Waals surface area contributed by atoms with E-state index >= 15 is 0 Å². The molecule has 0 radical (unpaired) electrons. The van der Waals surface area contributed by atoms with Crippen LogP contribution in [0.15, 0.2) is 12.1 Å². The van der Waals surface area contributed by atoms with Gasteiger partial charge >= 0.3 is 0 Å². The highest BCUT2D eigenvalue weighted by Gasteiger charge is 2.49. The second-order valence-electron chi connectivity index (χ2n) is 5.88. The van der Waals surface area contributed by atoms with Crippen molar-refractivity contribution in [2.75, 3.05) is 7.05 Å². The van der Waals surface area contributed by atoms with Crippen molar-refractivity contribution in [3.63, 3.8) is 0 Å². The van der Waals surface area contributed by atoms with Crippen LogP contribution in [0.1, 0.15) is 31.4 Å². The highest BCUT2D eigenvalue weighted by molar-refractivity contribution is 6.32. The van der Waals surface area contributed by atoms with Gasteiger partial charge in [-0.1, -0.05) is 25.4 Å². The zero-order valence-corrected chi connectivity index (χ0v) is 12.6. The SMILES string of the molecule is CNC1CC(Oc2cc(C)c(Cl)c(C)c2)C1(C)C. The van der Waals surface area contributed by atoms with E-state index in [4.69, 9.17) is 16.3 Å². The van der Waals surface area contributed by atoms with Gasteiger partial charge in [-0.25, -0.2) is 0 Å². The van der Waals surface area contributed by atoms with Gasteiger partial charge in [0.25, 0.3) is 0 Å². The van der Waals surface area contributed by atoms with E-state index in [0.29, 0.717) is 6.04 Å². The molecular formula is C15H22ClNO. The van der Waals surface area contributed by atoms with E-state index in [1.54, 1.807) is 0 Å². The molecule has 18 heavy (non-hydrogen) atoms. The number of rotatable bonds is 3. The first kappa shape index (κ1) is 13.7. The van der Waals surface area contributed by atoms with Crippen LogP contribution in [0.4, 0.5) is 0 Å². The third-order valence-electron chi connectivity index (χ3n) is 4.21. The molecule has 1 fully saturated rings. The first-order valence-corrected chi connectivity index (χ1v) is 6.84. The van der Waals surface area contributed by atoms with Crippen LogP contribution in [0, 0.1) is 19.3 Å². The lowest BCUT2D eigenvalue weighted by Gasteiger charge is -2.51. The Bertz CT molecular complexity index is 433. The molecule has 1 aromatic carbocycles. The largest absolute Gasteiger partial charge is 0.490 e. The van der Waals surface area contributed by atoms with E-state index < -0.39 is 0 Å². The normalized spacial score (nSPS) is 25.7. The van der Waals surface area contributed by atoms with Crippen molar-refractivity contribution < 1.29 is 4.74 Å². The zero-order valence-electron chi connectivity index (χ0n) is 11.8. The fraction of sp³-hybridized carbons (Fsp3) is 0.600. The third-order valence-corrected chi connectivity index (χ3v) is 4.81. The molecule has 0 aliphatic heterocycles. The zero-order chi connectivity index (χ0) is 13.5. The molecule has 2 nitrogen and oxygen atoms in total. The molecule has 1 aliphatic rings. The van der Waals surface area contributed by atoms with E-state index in [9.17, 15) is 0 Å². The molecule has 2 rings (SSSR count). The van der Waals surface area contributed by atoms with Gasteiger partial charge in [0.2, 0.25) is 0 Å². The number of nitrogens with one attached hydrogen (secondary N) is 1.